The molecule has 0 radical (unpaired) electrons. The molecule has 1 fully saturated rings. The van der Waals surface area contributed by atoms with Gasteiger partial charge in [-0.2, -0.15) is 0 Å². The number of piperidine rings is 1. The largest absolute Gasteiger partial charge is 0.327 e. The van der Waals surface area contributed by atoms with E-state index in [2.05, 4.69) is 10.6 Å². The van der Waals surface area contributed by atoms with Crippen LogP contribution in [0.15, 0.2) is 72.1 Å². The Kier molecular flexibility index (Phi) is 6.43. The van der Waals surface area contributed by atoms with Gasteiger partial charge in [0.1, 0.15) is 6.04 Å². The molecule has 1 aromatic heterocycles. The number of nitrogens with zero attached hydrogens (tertiary/aromatic N) is 1. The number of benzene rings is 2. The minimum atomic E-state index is -0.674. The van der Waals surface area contributed by atoms with E-state index in [9.17, 15) is 14.4 Å². The van der Waals surface area contributed by atoms with Crippen LogP contribution < -0.4 is 10.6 Å². The Morgan fingerprint density at radius 2 is 1.58 bits per heavy atom. The molecule has 1 aliphatic heterocycles. The van der Waals surface area contributed by atoms with Crippen molar-refractivity contribution < 1.29 is 14.4 Å². The van der Waals surface area contributed by atoms with E-state index in [-0.39, 0.29) is 17.7 Å². The predicted molar refractivity (Wildman–Crippen MR) is 122 cm³/mol. The Labute approximate surface area is 184 Å². The molecule has 6 nitrogen and oxygen atoms in total. The molecule has 0 spiro atoms. The normalized spacial score (nSPS) is 14.7. The van der Waals surface area contributed by atoms with E-state index in [0.717, 1.165) is 18.4 Å². The molecule has 2 aromatic carbocycles. The summed E-state index contributed by atoms with van der Waals surface area (Å²) < 4.78 is 0. The topological polar surface area (TPSA) is 78.5 Å². The summed E-state index contributed by atoms with van der Waals surface area (Å²) in [5.74, 6) is -0.418. The highest BCUT2D eigenvalue weighted by Gasteiger charge is 2.32. The number of hydrogen-bond donors (Lipinski definition) is 2. The average molecular weight is 434 g/mol. The molecule has 0 bridgehead atoms. The van der Waals surface area contributed by atoms with Crippen LogP contribution in [0.25, 0.3) is 0 Å². The van der Waals surface area contributed by atoms with Crippen LogP contribution in [0.1, 0.15) is 40.5 Å². The van der Waals surface area contributed by atoms with Gasteiger partial charge in [0.2, 0.25) is 5.91 Å². The van der Waals surface area contributed by atoms with E-state index in [1.54, 1.807) is 35.2 Å². The first kappa shape index (κ1) is 20.8. The first-order valence-corrected chi connectivity index (χ1v) is 11.1. The first-order chi connectivity index (χ1) is 15.1. The Morgan fingerprint density at radius 1 is 0.871 bits per heavy atom. The van der Waals surface area contributed by atoms with Crippen molar-refractivity contribution in [1.29, 1.82) is 0 Å². The van der Waals surface area contributed by atoms with Crippen LogP contribution in [0, 0.1) is 0 Å². The van der Waals surface area contributed by atoms with Crippen molar-refractivity contribution in [2.45, 2.75) is 25.3 Å². The van der Waals surface area contributed by atoms with Gasteiger partial charge in [-0.05, 0) is 54.1 Å². The van der Waals surface area contributed by atoms with Crippen molar-refractivity contribution in [2.75, 3.05) is 17.2 Å². The third-order valence-electron chi connectivity index (χ3n) is 5.19. The highest BCUT2D eigenvalue weighted by molar-refractivity contribution is 7.12. The lowest BCUT2D eigenvalue weighted by Crippen LogP contribution is -2.43. The van der Waals surface area contributed by atoms with E-state index in [4.69, 9.17) is 0 Å². The maximum atomic E-state index is 13.2. The number of carbonyl (C=O) groups is 3. The summed E-state index contributed by atoms with van der Waals surface area (Å²) >= 11 is 1.38. The van der Waals surface area contributed by atoms with Gasteiger partial charge in [-0.1, -0.05) is 36.4 Å². The number of nitrogens with one attached hydrogen (secondary N) is 2. The lowest BCUT2D eigenvalue weighted by Gasteiger charge is -2.34. The molecular formula is C24H23N3O3S. The Hall–Kier alpha value is -3.45. The molecule has 0 aliphatic carbocycles. The molecule has 1 aliphatic rings. The van der Waals surface area contributed by atoms with Crippen LogP contribution >= 0.6 is 11.3 Å². The zero-order valence-corrected chi connectivity index (χ0v) is 17.7. The molecule has 7 heteroatoms. The molecule has 158 valence electrons. The highest BCUT2D eigenvalue weighted by atomic mass is 32.1. The molecule has 3 amide bonds. The molecule has 1 saturated heterocycles. The van der Waals surface area contributed by atoms with E-state index in [1.165, 1.54) is 11.3 Å². The lowest BCUT2D eigenvalue weighted by atomic mass is 10.0. The maximum Gasteiger partial charge on any atom is 0.265 e. The van der Waals surface area contributed by atoms with Crippen molar-refractivity contribution in [3.8, 4) is 0 Å². The number of rotatable bonds is 6. The van der Waals surface area contributed by atoms with Crippen LogP contribution in [-0.4, -0.2) is 29.2 Å². The van der Waals surface area contributed by atoms with Gasteiger partial charge in [-0.3, -0.25) is 14.4 Å². The minimum absolute atomic E-state index is 0.00175. The molecule has 2 N–H and O–H groups in total. The first-order valence-electron chi connectivity index (χ1n) is 10.2. The highest BCUT2D eigenvalue weighted by Crippen LogP contribution is 2.27. The van der Waals surface area contributed by atoms with Gasteiger partial charge in [-0.15, -0.1) is 11.3 Å². The van der Waals surface area contributed by atoms with E-state index < -0.39 is 6.04 Å². The molecular weight excluding hydrogens is 410 g/mol. The quantitative estimate of drug-likeness (QED) is 0.592. The SMILES string of the molecule is O=C(Nc1ccc(NC(=O)C(c2ccccc2)N2CCCCC2=O)cc1)c1cccs1. The summed E-state index contributed by atoms with van der Waals surface area (Å²) in [6, 6.07) is 19.2. The second-order valence-corrected chi connectivity index (χ2v) is 8.30. The Bertz CT molecular complexity index is 1050. The Balaban J connectivity index is 1.48. The standard InChI is InChI=1S/C24H23N3O3S/c28-21-10-4-5-15-27(21)22(17-7-2-1-3-8-17)24(30)26-19-13-11-18(12-14-19)25-23(29)20-9-6-16-31-20/h1-3,6-9,11-14,16,22H,4-5,10,15H2,(H,25,29)(H,26,30). The van der Waals surface area contributed by atoms with E-state index in [0.29, 0.717) is 29.2 Å². The smallest absolute Gasteiger partial charge is 0.265 e. The maximum absolute atomic E-state index is 13.2. The van der Waals surface area contributed by atoms with Crippen LogP contribution in [-0.2, 0) is 9.59 Å². The Morgan fingerprint density at radius 3 is 2.23 bits per heavy atom. The fourth-order valence-corrected chi connectivity index (χ4v) is 4.27. The number of thiophene rings is 1. The fraction of sp³-hybridized carbons (Fsp3) is 0.208. The van der Waals surface area contributed by atoms with Gasteiger partial charge < -0.3 is 15.5 Å². The summed E-state index contributed by atoms with van der Waals surface area (Å²) in [6.07, 6.45) is 2.22. The van der Waals surface area contributed by atoms with Gasteiger partial charge >= 0.3 is 0 Å². The van der Waals surface area contributed by atoms with Gasteiger partial charge in [-0.25, -0.2) is 0 Å². The van der Waals surface area contributed by atoms with Gasteiger partial charge in [0.05, 0.1) is 4.88 Å². The third kappa shape index (κ3) is 5.00. The van der Waals surface area contributed by atoms with Crippen LogP contribution in [0.2, 0.25) is 0 Å². The van der Waals surface area contributed by atoms with Crippen molar-refractivity contribution in [3.63, 3.8) is 0 Å². The third-order valence-corrected chi connectivity index (χ3v) is 6.06. The molecule has 31 heavy (non-hydrogen) atoms. The minimum Gasteiger partial charge on any atom is -0.327 e. The number of amides is 3. The summed E-state index contributed by atoms with van der Waals surface area (Å²) in [7, 11) is 0. The van der Waals surface area contributed by atoms with Crippen molar-refractivity contribution in [3.05, 3.63) is 82.6 Å². The monoisotopic (exact) mass is 433 g/mol. The number of likely N-dealkylation sites (tertiary alicyclic amines) is 1. The molecule has 4 rings (SSSR count). The summed E-state index contributed by atoms with van der Waals surface area (Å²) in [5, 5.41) is 7.61. The zero-order chi connectivity index (χ0) is 21.6. The fourth-order valence-electron chi connectivity index (χ4n) is 3.66. The van der Waals surface area contributed by atoms with Crippen LogP contribution in [0.4, 0.5) is 11.4 Å². The lowest BCUT2D eigenvalue weighted by molar-refractivity contribution is -0.141. The van der Waals surface area contributed by atoms with Crippen molar-refractivity contribution in [2.24, 2.45) is 0 Å². The molecule has 1 unspecified atom stereocenters. The summed E-state index contributed by atoms with van der Waals surface area (Å²) in [4.78, 5) is 40.2. The average Bonchev–Trinajstić information content (AvgIpc) is 3.33. The molecule has 2 heterocycles. The van der Waals surface area contributed by atoms with E-state index >= 15 is 0 Å². The van der Waals surface area contributed by atoms with Gasteiger partial charge in [0, 0.05) is 24.3 Å². The van der Waals surface area contributed by atoms with Crippen molar-refractivity contribution >= 4 is 40.4 Å². The second kappa shape index (κ2) is 9.57. The van der Waals surface area contributed by atoms with E-state index in [1.807, 2.05) is 41.8 Å². The van der Waals surface area contributed by atoms with Gasteiger partial charge in [0.15, 0.2) is 0 Å². The zero-order valence-electron chi connectivity index (χ0n) is 16.9. The van der Waals surface area contributed by atoms with Crippen LogP contribution in [0.5, 0.6) is 0 Å². The number of anilines is 2. The predicted octanol–water partition coefficient (Wildman–Crippen LogP) is 4.69. The second-order valence-electron chi connectivity index (χ2n) is 7.36. The number of carbonyl (C=O) groups excluding carboxylic acids is 3. The van der Waals surface area contributed by atoms with Crippen LogP contribution in [0.3, 0.4) is 0 Å². The molecule has 3 aromatic rings. The molecule has 1 atom stereocenters. The summed E-state index contributed by atoms with van der Waals surface area (Å²) in [6.45, 7) is 0.569. The molecule has 0 saturated carbocycles. The van der Waals surface area contributed by atoms with Gasteiger partial charge in [0.25, 0.3) is 11.8 Å². The summed E-state index contributed by atoms with van der Waals surface area (Å²) in [5.41, 5.74) is 2.03. The van der Waals surface area contributed by atoms with Crippen molar-refractivity contribution in [1.82, 2.24) is 4.90 Å². The number of hydrogen-bond acceptors (Lipinski definition) is 4.